The van der Waals surface area contributed by atoms with Crippen molar-refractivity contribution < 1.29 is 0 Å². The number of nitrogens with one attached hydrogen (secondary N) is 1. The van der Waals surface area contributed by atoms with Crippen molar-refractivity contribution in [3.8, 4) is 5.69 Å². The zero-order chi connectivity index (χ0) is 16.9. The van der Waals surface area contributed by atoms with Gasteiger partial charge in [-0.25, -0.2) is 4.98 Å². The van der Waals surface area contributed by atoms with Gasteiger partial charge in [0.05, 0.1) is 5.69 Å². The van der Waals surface area contributed by atoms with Crippen LogP contribution in [-0.2, 0) is 13.0 Å². The third-order valence-electron chi connectivity index (χ3n) is 3.94. The quantitative estimate of drug-likeness (QED) is 0.698. The van der Waals surface area contributed by atoms with Crippen molar-refractivity contribution in [2.24, 2.45) is 0 Å². The van der Waals surface area contributed by atoms with Gasteiger partial charge in [-0.2, -0.15) is 4.98 Å². The maximum atomic E-state index is 5.49. The van der Waals surface area contributed by atoms with Crippen LogP contribution >= 0.6 is 12.2 Å². The molecule has 0 aliphatic heterocycles. The van der Waals surface area contributed by atoms with Crippen molar-refractivity contribution in [3.63, 3.8) is 0 Å². The Labute approximate surface area is 147 Å². The van der Waals surface area contributed by atoms with E-state index in [9.17, 15) is 0 Å². The Hall–Kier alpha value is -2.53. The van der Waals surface area contributed by atoms with Crippen molar-refractivity contribution in [1.29, 1.82) is 0 Å². The predicted molar refractivity (Wildman–Crippen MR) is 100 cm³/mol. The van der Waals surface area contributed by atoms with Crippen LogP contribution < -0.4 is 5.32 Å². The first-order chi connectivity index (χ1) is 11.7. The van der Waals surface area contributed by atoms with Crippen molar-refractivity contribution in [2.45, 2.75) is 26.8 Å². The fraction of sp³-hybridized carbons (Fsp3) is 0.211. The molecule has 0 aliphatic carbocycles. The van der Waals surface area contributed by atoms with E-state index < -0.39 is 0 Å². The number of aromatic nitrogens is 3. The van der Waals surface area contributed by atoms with E-state index in [4.69, 9.17) is 12.2 Å². The second-order valence-electron chi connectivity index (χ2n) is 5.61. The molecule has 24 heavy (non-hydrogen) atoms. The summed E-state index contributed by atoms with van der Waals surface area (Å²) in [4.78, 5) is 8.86. The standard InChI is InChI=1S/C19H20N4S/c1-3-16-11-7-8-14(2)17(16)23-13-21-18(22-19(23)24)20-12-15-9-5-4-6-10-15/h4-11,13H,3,12H2,1-2H3,(H,20,22,24). The molecule has 0 unspecified atom stereocenters. The summed E-state index contributed by atoms with van der Waals surface area (Å²) in [5, 5.41) is 3.22. The first kappa shape index (κ1) is 16.3. The van der Waals surface area contributed by atoms with Crippen LogP contribution in [0.3, 0.4) is 0 Å². The number of hydrogen-bond acceptors (Lipinski definition) is 4. The summed E-state index contributed by atoms with van der Waals surface area (Å²) in [6.07, 6.45) is 2.69. The van der Waals surface area contributed by atoms with Gasteiger partial charge in [0, 0.05) is 6.54 Å². The highest BCUT2D eigenvalue weighted by atomic mass is 32.1. The largest absolute Gasteiger partial charge is 0.350 e. The Morgan fingerprint density at radius 3 is 2.58 bits per heavy atom. The van der Waals surface area contributed by atoms with E-state index >= 15 is 0 Å². The van der Waals surface area contributed by atoms with Gasteiger partial charge < -0.3 is 5.32 Å². The number of anilines is 1. The van der Waals surface area contributed by atoms with E-state index in [0.29, 0.717) is 17.3 Å². The molecule has 0 bridgehead atoms. The third-order valence-corrected chi connectivity index (χ3v) is 4.23. The number of nitrogens with zero attached hydrogens (tertiary/aromatic N) is 3. The van der Waals surface area contributed by atoms with Gasteiger partial charge in [0.1, 0.15) is 6.33 Å². The number of rotatable bonds is 5. The van der Waals surface area contributed by atoms with E-state index in [-0.39, 0.29) is 0 Å². The molecule has 2 aromatic carbocycles. The van der Waals surface area contributed by atoms with Gasteiger partial charge in [-0.3, -0.25) is 4.57 Å². The SMILES string of the molecule is CCc1cccc(C)c1-n1cnc(NCc2ccccc2)nc1=S. The van der Waals surface area contributed by atoms with Gasteiger partial charge in [0.15, 0.2) is 0 Å². The number of para-hydroxylation sites is 1. The fourth-order valence-corrected chi connectivity index (χ4v) is 2.93. The van der Waals surface area contributed by atoms with Gasteiger partial charge in [-0.1, -0.05) is 55.5 Å². The second kappa shape index (κ2) is 7.36. The lowest BCUT2D eigenvalue weighted by Gasteiger charge is -2.14. The number of benzene rings is 2. The van der Waals surface area contributed by atoms with Crippen molar-refractivity contribution >= 4 is 18.2 Å². The Bertz CT molecular complexity index is 887. The second-order valence-corrected chi connectivity index (χ2v) is 5.97. The number of hydrogen-bond donors (Lipinski definition) is 1. The Morgan fingerprint density at radius 1 is 1.08 bits per heavy atom. The summed E-state index contributed by atoms with van der Waals surface area (Å²) in [6, 6.07) is 16.4. The minimum Gasteiger partial charge on any atom is -0.350 e. The molecule has 0 radical (unpaired) electrons. The average molecular weight is 336 g/mol. The van der Waals surface area contributed by atoms with Crippen LogP contribution in [0.4, 0.5) is 5.95 Å². The molecular formula is C19H20N4S. The Kier molecular flexibility index (Phi) is 5.01. The molecule has 1 aromatic heterocycles. The van der Waals surface area contributed by atoms with Crippen LogP contribution in [-0.4, -0.2) is 14.5 Å². The van der Waals surface area contributed by atoms with E-state index in [2.05, 4.69) is 59.5 Å². The minimum atomic E-state index is 0.504. The van der Waals surface area contributed by atoms with Crippen molar-refractivity contribution in [3.05, 3.63) is 76.3 Å². The van der Waals surface area contributed by atoms with Crippen LogP contribution in [0, 0.1) is 11.7 Å². The summed E-state index contributed by atoms with van der Waals surface area (Å²) in [6.45, 7) is 4.89. The highest BCUT2D eigenvalue weighted by molar-refractivity contribution is 7.71. The molecule has 0 spiro atoms. The molecule has 3 aromatic rings. The third kappa shape index (κ3) is 3.51. The molecular weight excluding hydrogens is 316 g/mol. The first-order valence-electron chi connectivity index (χ1n) is 8.01. The van der Waals surface area contributed by atoms with Gasteiger partial charge >= 0.3 is 0 Å². The van der Waals surface area contributed by atoms with E-state index in [1.54, 1.807) is 6.33 Å². The number of aryl methyl sites for hydroxylation is 2. The zero-order valence-electron chi connectivity index (χ0n) is 13.9. The summed E-state index contributed by atoms with van der Waals surface area (Å²) in [5.74, 6) is 0.548. The van der Waals surface area contributed by atoms with Gasteiger partial charge in [-0.05, 0) is 42.3 Å². The molecule has 5 heteroatoms. The van der Waals surface area contributed by atoms with Crippen molar-refractivity contribution in [1.82, 2.24) is 14.5 Å². The van der Waals surface area contributed by atoms with Crippen LogP contribution in [0.1, 0.15) is 23.6 Å². The molecule has 0 atom stereocenters. The summed E-state index contributed by atoms with van der Waals surface area (Å²) < 4.78 is 2.39. The molecule has 1 heterocycles. The Morgan fingerprint density at radius 2 is 1.88 bits per heavy atom. The Balaban J connectivity index is 1.87. The zero-order valence-corrected chi connectivity index (χ0v) is 14.7. The van der Waals surface area contributed by atoms with Gasteiger partial charge in [0.2, 0.25) is 10.7 Å². The smallest absolute Gasteiger partial charge is 0.227 e. The topological polar surface area (TPSA) is 42.7 Å². The van der Waals surface area contributed by atoms with E-state index in [1.807, 2.05) is 22.8 Å². The molecule has 3 rings (SSSR count). The maximum absolute atomic E-state index is 5.49. The maximum Gasteiger partial charge on any atom is 0.227 e. The highest BCUT2D eigenvalue weighted by Gasteiger charge is 2.08. The van der Waals surface area contributed by atoms with Crippen LogP contribution in [0.2, 0.25) is 0 Å². The van der Waals surface area contributed by atoms with Crippen LogP contribution in [0.15, 0.2) is 54.9 Å². The molecule has 0 fully saturated rings. The first-order valence-corrected chi connectivity index (χ1v) is 8.42. The van der Waals surface area contributed by atoms with Crippen molar-refractivity contribution in [2.75, 3.05) is 5.32 Å². The summed E-state index contributed by atoms with van der Waals surface area (Å²) in [7, 11) is 0. The monoisotopic (exact) mass is 336 g/mol. The molecule has 0 amide bonds. The predicted octanol–water partition coefficient (Wildman–Crippen LogP) is 4.48. The lowest BCUT2D eigenvalue weighted by Crippen LogP contribution is -2.10. The van der Waals surface area contributed by atoms with Gasteiger partial charge in [-0.15, -0.1) is 0 Å². The molecule has 0 aliphatic rings. The molecule has 1 N–H and O–H groups in total. The molecule has 122 valence electrons. The summed E-state index contributed by atoms with van der Waals surface area (Å²) >= 11 is 5.49. The molecule has 4 nitrogen and oxygen atoms in total. The lowest BCUT2D eigenvalue weighted by molar-refractivity contribution is 0.867. The van der Waals surface area contributed by atoms with E-state index in [0.717, 1.165) is 12.1 Å². The van der Waals surface area contributed by atoms with Gasteiger partial charge in [0.25, 0.3) is 0 Å². The highest BCUT2D eigenvalue weighted by Crippen LogP contribution is 2.20. The fourth-order valence-electron chi connectivity index (χ4n) is 2.70. The lowest BCUT2D eigenvalue weighted by atomic mass is 10.1. The average Bonchev–Trinajstić information content (AvgIpc) is 2.61. The molecule has 0 saturated heterocycles. The normalized spacial score (nSPS) is 10.6. The van der Waals surface area contributed by atoms with E-state index in [1.165, 1.54) is 16.7 Å². The molecule has 0 saturated carbocycles. The van der Waals surface area contributed by atoms with Crippen LogP contribution in [0.5, 0.6) is 0 Å². The minimum absolute atomic E-state index is 0.504. The summed E-state index contributed by atoms with van der Waals surface area (Å²) in [5.41, 5.74) is 4.66. The van der Waals surface area contributed by atoms with Crippen LogP contribution in [0.25, 0.3) is 5.69 Å².